The largest absolute Gasteiger partial charge is 0.398 e. The first kappa shape index (κ1) is 15.1. The first-order valence-corrected chi connectivity index (χ1v) is 8.42. The van der Waals surface area contributed by atoms with Gasteiger partial charge in [0, 0.05) is 12.2 Å². The molecule has 1 fully saturated rings. The van der Waals surface area contributed by atoms with Gasteiger partial charge in [0.05, 0.1) is 5.69 Å². The molecule has 5 nitrogen and oxygen atoms in total. The molecule has 112 valence electrons. The highest BCUT2D eigenvalue weighted by Gasteiger charge is 2.28. The van der Waals surface area contributed by atoms with Crippen molar-refractivity contribution in [2.24, 2.45) is 5.41 Å². The van der Waals surface area contributed by atoms with E-state index in [-0.39, 0.29) is 10.6 Å². The Balaban J connectivity index is 2.10. The van der Waals surface area contributed by atoms with Gasteiger partial charge in [-0.2, -0.15) is 0 Å². The first-order chi connectivity index (χ1) is 9.36. The molecule has 1 aromatic carbocycles. The van der Waals surface area contributed by atoms with Gasteiger partial charge >= 0.3 is 0 Å². The van der Waals surface area contributed by atoms with Crippen LogP contribution in [0.2, 0.25) is 0 Å². The van der Waals surface area contributed by atoms with E-state index in [1.54, 1.807) is 18.2 Å². The van der Waals surface area contributed by atoms with E-state index >= 15 is 0 Å². The molecule has 0 unspecified atom stereocenters. The molecule has 0 amide bonds. The molecule has 0 bridgehead atoms. The quantitative estimate of drug-likeness (QED) is 0.727. The van der Waals surface area contributed by atoms with Crippen molar-refractivity contribution in [3.05, 3.63) is 18.2 Å². The number of sulfonamides is 1. The average molecular weight is 297 g/mol. The maximum Gasteiger partial charge on any atom is 0.242 e. The van der Waals surface area contributed by atoms with Crippen LogP contribution in [0.1, 0.15) is 32.6 Å². The highest BCUT2D eigenvalue weighted by molar-refractivity contribution is 7.89. The topological polar surface area (TPSA) is 84.2 Å². The Morgan fingerprint density at radius 1 is 1.30 bits per heavy atom. The van der Waals surface area contributed by atoms with E-state index in [0.29, 0.717) is 5.41 Å². The van der Waals surface area contributed by atoms with Gasteiger partial charge < -0.3 is 11.1 Å². The van der Waals surface area contributed by atoms with Crippen LogP contribution in [0.5, 0.6) is 0 Å². The molecule has 0 atom stereocenters. The third kappa shape index (κ3) is 3.24. The molecule has 0 spiro atoms. The summed E-state index contributed by atoms with van der Waals surface area (Å²) in [6.45, 7) is 3.18. The van der Waals surface area contributed by atoms with E-state index in [2.05, 4.69) is 17.0 Å². The molecular formula is C14H23N3O2S. The summed E-state index contributed by atoms with van der Waals surface area (Å²) in [5.74, 6) is 0. The molecule has 4 N–H and O–H groups in total. The summed E-state index contributed by atoms with van der Waals surface area (Å²) in [5.41, 5.74) is 7.31. The SMILES string of the molecule is CNS(=O)(=O)c1ccc(NCC2(C)CCCC2)cc1N. The molecule has 2 rings (SSSR count). The summed E-state index contributed by atoms with van der Waals surface area (Å²) in [4.78, 5) is 0.123. The minimum Gasteiger partial charge on any atom is -0.398 e. The summed E-state index contributed by atoms with van der Waals surface area (Å²) in [6, 6.07) is 4.99. The average Bonchev–Trinajstić information content (AvgIpc) is 2.84. The van der Waals surface area contributed by atoms with Crippen LogP contribution in [-0.4, -0.2) is 22.0 Å². The maximum absolute atomic E-state index is 11.7. The number of nitrogen functional groups attached to an aromatic ring is 1. The van der Waals surface area contributed by atoms with Crippen LogP contribution in [0.25, 0.3) is 0 Å². The predicted molar refractivity (Wildman–Crippen MR) is 82.2 cm³/mol. The Bertz CT molecular complexity index is 578. The van der Waals surface area contributed by atoms with Gasteiger partial charge in [0.15, 0.2) is 0 Å². The molecule has 1 aliphatic carbocycles. The van der Waals surface area contributed by atoms with E-state index in [1.165, 1.54) is 32.7 Å². The second-order valence-corrected chi connectivity index (χ2v) is 7.69. The Kier molecular flexibility index (Phi) is 4.25. The summed E-state index contributed by atoms with van der Waals surface area (Å²) in [5, 5.41) is 3.37. The van der Waals surface area contributed by atoms with Crippen LogP contribution in [-0.2, 0) is 10.0 Å². The van der Waals surface area contributed by atoms with Crippen molar-refractivity contribution in [2.45, 2.75) is 37.5 Å². The fourth-order valence-corrected chi connectivity index (χ4v) is 3.57. The zero-order valence-corrected chi connectivity index (χ0v) is 12.9. The van der Waals surface area contributed by atoms with E-state index < -0.39 is 10.0 Å². The van der Waals surface area contributed by atoms with E-state index in [0.717, 1.165) is 12.2 Å². The third-order valence-electron chi connectivity index (χ3n) is 4.10. The smallest absolute Gasteiger partial charge is 0.242 e. The number of hydrogen-bond donors (Lipinski definition) is 3. The molecule has 0 heterocycles. The highest BCUT2D eigenvalue weighted by atomic mass is 32.2. The summed E-state index contributed by atoms with van der Waals surface area (Å²) in [6.07, 6.45) is 5.06. The lowest BCUT2D eigenvalue weighted by Crippen LogP contribution is -2.23. The van der Waals surface area contributed by atoms with Crippen molar-refractivity contribution in [1.29, 1.82) is 0 Å². The molecule has 1 aliphatic rings. The van der Waals surface area contributed by atoms with Crippen LogP contribution in [0.4, 0.5) is 11.4 Å². The summed E-state index contributed by atoms with van der Waals surface area (Å²) >= 11 is 0. The van der Waals surface area contributed by atoms with Crippen molar-refractivity contribution in [3.8, 4) is 0 Å². The minimum atomic E-state index is -3.49. The molecule has 1 saturated carbocycles. The molecule has 0 radical (unpaired) electrons. The summed E-state index contributed by atoms with van der Waals surface area (Å²) in [7, 11) is -2.11. The van der Waals surface area contributed by atoms with Crippen LogP contribution >= 0.6 is 0 Å². The number of nitrogens with one attached hydrogen (secondary N) is 2. The minimum absolute atomic E-state index is 0.123. The van der Waals surface area contributed by atoms with Crippen LogP contribution in [0.15, 0.2) is 23.1 Å². The Morgan fingerprint density at radius 3 is 2.50 bits per heavy atom. The van der Waals surface area contributed by atoms with Crippen LogP contribution in [0.3, 0.4) is 0 Å². The lowest BCUT2D eigenvalue weighted by Gasteiger charge is -2.24. The van der Waals surface area contributed by atoms with Gasteiger partial charge in [-0.05, 0) is 43.5 Å². The fraction of sp³-hybridized carbons (Fsp3) is 0.571. The van der Waals surface area contributed by atoms with Gasteiger partial charge in [-0.3, -0.25) is 0 Å². The van der Waals surface area contributed by atoms with E-state index in [9.17, 15) is 8.42 Å². The van der Waals surface area contributed by atoms with Crippen molar-refractivity contribution in [1.82, 2.24) is 4.72 Å². The highest BCUT2D eigenvalue weighted by Crippen LogP contribution is 2.37. The lowest BCUT2D eigenvalue weighted by molar-refractivity contribution is 0.362. The van der Waals surface area contributed by atoms with Gasteiger partial charge in [0.25, 0.3) is 0 Å². The first-order valence-electron chi connectivity index (χ1n) is 6.93. The maximum atomic E-state index is 11.7. The van der Waals surface area contributed by atoms with Crippen molar-refractivity contribution in [3.63, 3.8) is 0 Å². The van der Waals surface area contributed by atoms with Crippen molar-refractivity contribution >= 4 is 21.4 Å². The van der Waals surface area contributed by atoms with E-state index in [1.807, 2.05) is 0 Å². The zero-order chi connectivity index (χ0) is 14.8. The van der Waals surface area contributed by atoms with E-state index in [4.69, 9.17) is 5.73 Å². The van der Waals surface area contributed by atoms with Gasteiger partial charge in [-0.15, -0.1) is 0 Å². The normalized spacial score (nSPS) is 18.1. The van der Waals surface area contributed by atoms with Crippen molar-refractivity contribution in [2.75, 3.05) is 24.6 Å². The third-order valence-corrected chi connectivity index (χ3v) is 5.59. The van der Waals surface area contributed by atoms with Gasteiger partial charge in [0.1, 0.15) is 4.90 Å². The monoisotopic (exact) mass is 297 g/mol. The summed E-state index contributed by atoms with van der Waals surface area (Å²) < 4.78 is 25.8. The number of rotatable bonds is 5. The fourth-order valence-electron chi connectivity index (χ4n) is 2.73. The number of hydrogen-bond acceptors (Lipinski definition) is 4. The molecule has 0 aromatic heterocycles. The Labute approximate surface area is 121 Å². The van der Waals surface area contributed by atoms with Gasteiger partial charge in [-0.25, -0.2) is 13.1 Å². The second kappa shape index (κ2) is 5.61. The number of benzene rings is 1. The lowest BCUT2D eigenvalue weighted by atomic mass is 9.89. The molecular weight excluding hydrogens is 274 g/mol. The molecule has 1 aromatic rings. The number of nitrogens with two attached hydrogens (primary N) is 1. The van der Waals surface area contributed by atoms with Gasteiger partial charge in [-0.1, -0.05) is 19.8 Å². The van der Waals surface area contributed by atoms with Crippen molar-refractivity contribution < 1.29 is 8.42 Å². The molecule has 0 saturated heterocycles. The second-order valence-electron chi connectivity index (χ2n) is 5.83. The Hall–Kier alpha value is -1.27. The van der Waals surface area contributed by atoms with Crippen LogP contribution in [0, 0.1) is 5.41 Å². The predicted octanol–water partition coefficient (Wildman–Crippen LogP) is 2.17. The molecule has 0 aliphatic heterocycles. The molecule has 6 heteroatoms. The van der Waals surface area contributed by atoms with Gasteiger partial charge in [0.2, 0.25) is 10.0 Å². The van der Waals surface area contributed by atoms with Crippen LogP contribution < -0.4 is 15.8 Å². The zero-order valence-electron chi connectivity index (χ0n) is 12.1. The standard InChI is InChI=1S/C14H23N3O2S/c1-14(7-3-4-8-14)10-17-11-5-6-13(12(15)9-11)20(18,19)16-2/h5-6,9,16-17H,3-4,7-8,10,15H2,1-2H3. The Morgan fingerprint density at radius 2 is 1.95 bits per heavy atom. The number of anilines is 2. The molecule has 20 heavy (non-hydrogen) atoms.